The quantitative estimate of drug-likeness (QED) is 0.767. The van der Waals surface area contributed by atoms with E-state index in [-0.39, 0.29) is 4.87 Å². The molecule has 0 spiro atoms. The molecule has 8 heteroatoms. The molecule has 1 saturated heterocycles. The molecule has 0 amide bonds. The SMILES string of the molecule is CCCC1CCc2c(sc(=O)n2Cc2nnc(C3(OC)CCOC3)o2)C1. The number of aromatic nitrogens is 3. The van der Waals surface area contributed by atoms with E-state index in [1.807, 2.05) is 4.57 Å². The van der Waals surface area contributed by atoms with Gasteiger partial charge in [-0.3, -0.25) is 9.36 Å². The van der Waals surface area contributed by atoms with Crippen molar-refractivity contribution >= 4 is 11.3 Å². The monoisotopic (exact) mass is 379 g/mol. The lowest BCUT2D eigenvalue weighted by molar-refractivity contribution is -0.0417. The lowest BCUT2D eigenvalue weighted by Gasteiger charge is -2.22. The molecule has 2 aromatic heterocycles. The van der Waals surface area contributed by atoms with Crippen molar-refractivity contribution in [1.29, 1.82) is 0 Å². The molecule has 1 fully saturated rings. The van der Waals surface area contributed by atoms with E-state index < -0.39 is 5.60 Å². The maximum absolute atomic E-state index is 12.5. The first-order valence-electron chi connectivity index (χ1n) is 9.32. The Bertz CT molecular complexity index is 819. The molecule has 2 aromatic rings. The zero-order valence-electron chi connectivity index (χ0n) is 15.3. The van der Waals surface area contributed by atoms with Gasteiger partial charge in [0.1, 0.15) is 6.54 Å². The van der Waals surface area contributed by atoms with Gasteiger partial charge in [0.2, 0.25) is 5.89 Å². The Labute approximate surface area is 156 Å². The second kappa shape index (κ2) is 7.25. The van der Waals surface area contributed by atoms with Crippen LogP contribution in [0.25, 0.3) is 0 Å². The summed E-state index contributed by atoms with van der Waals surface area (Å²) >= 11 is 1.37. The molecule has 2 atom stereocenters. The van der Waals surface area contributed by atoms with E-state index >= 15 is 0 Å². The highest BCUT2D eigenvalue weighted by Gasteiger charge is 2.42. The van der Waals surface area contributed by atoms with Crippen molar-refractivity contribution in [1.82, 2.24) is 14.8 Å². The maximum atomic E-state index is 12.5. The van der Waals surface area contributed by atoms with E-state index in [9.17, 15) is 4.79 Å². The zero-order valence-corrected chi connectivity index (χ0v) is 16.1. The van der Waals surface area contributed by atoms with E-state index in [4.69, 9.17) is 13.9 Å². The number of thiazole rings is 1. The number of methoxy groups -OCH3 is 1. The predicted octanol–water partition coefficient (Wildman–Crippen LogP) is 2.51. The minimum atomic E-state index is -0.655. The molecule has 7 nitrogen and oxygen atoms in total. The van der Waals surface area contributed by atoms with Crippen LogP contribution in [0.5, 0.6) is 0 Å². The Morgan fingerprint density at radius 2 is 2.31 bits per heavy atom. The van der Waals surface area contributed by atoms with Crippen LogP contribution in [0, 0.1) is 5.92 Å². The second-order valence-electron chi connectivity index (χ2n) is 7.22. The first-order valence-corrected chi connectivity index (χ1v) is 10.1. The Morgan fingerprint density at radius 1 is 1.42 bits per heavy atom. The van der Waals surface area contributed by atoms with Gasteiger partial charge >= 0.3 is 4.87 Å². The lowest BCUT2D eigenvalue weighted by Crippen LogP contribution is -2.29. The van der Waals surface area contributed by atoms with Gasteiger partial charge in [-0.2, -0.15) is 0 Å². The second-order valence-corrected chi connectivity index (χ2v) is 8.27. The smallest absolute Gasteiger partial charge is 0.308 e. The minimum Gasteiger partial charge on any atom is -0.420 e. The molecule has 2 aliphatic rings. The van der Waals surface area contributed by atoms with Gasteiger partial charge in [0, 0.05) is 24.1 Å². The summed E-state index contributed by atoms with van der Waals surface area (Å²) in [5, 5.41) is 8.32. The van der Waals surface area contributed by atoms with Crippen LogP contribution in [-0.2, 0) is 34.5 Å². The normalized spacial score (nSPS) is 25.5. The number of fused-ring (bicyclic) bond motifs is 1. The van der Waals surface area contributed by atoms with E-state index in [0.717, 1.165) is 25.0 Å². The molecule has 0 bridgehead atoms. The van der Waals surface area contributed by atoms with Gasteiger partial charge in [-0.05, 0) is 25.2 Å². The molecule has 3 heterocycles. The Morgan fingerprint density at radius 3 is 3.04 bits per heavy atom. The highest BCUT2D eigenvalue weighted by molar-refractivity contribution is 7.09. The van der Waals surface area contributed by atoms with Gasteiger partial charge in [0.15, 0.2) is 5.60 Å². The molecule has 26 heavy (non-hydrogen) atoms. The molecule has 0 radical (unpaired) electrons. The van der Waals surface area contributed by atoms with Crippen LogP contribution in [-0.4, -0.2) is 35.1 Å². The Kier molecular flexibility index (Phi) is 4.98. The van der Waals surface area contributed by atoms with Gasteiger partial charge in [-0.1, -0.05) is 31.1 Å². The highest BCUT2D eigenvalue weighted by atomic mass is 32.1. The molecule has 1 aliphatic heterocycles. The van der Waals surface area contributed by atoms with Crippen molar-refractivity contribution in [3.63, 3.8) is 0 Å². The van der Waals surface area contributed by atoms with E-state index in [0.29, 0.717) is 43.9 Å². The van der Waals surface area contributed by atoms with Gasteiger partial charge in [-0.15, -0.1) is 10.2 Å². The zero-order chi connectivity index (χ0) is 18.1. The molecular weight excluding hydrogens is 354 g/mol. The Balaban J connectivity index is 1.55. The topological polar surface area (TPSA) is 79.4 Å². The molecule has 4 rings (SSSR count). The largest absolute Gasteiger partial charge is 0.420 e. The third kappa shape index (κ3) is 3.14. The van der Waals surface area contributed by atoms with Gasteiger partial charge in [0.25, 0.3) is 5.89 Å². The number of ether oxygens (including phenoxy) is 2. The van der Waals surface area contributed by atoms with Gasteiger partial charge < -0.3 is 13.9 Å². The summed E-state index contributed by atoms with van der Waals surface area (Å²) in [6, 6.07) is 0. The average molecular weight is 379 g/mol. The number of hydrogen-bond donors (Lipinski definition) is 0. The van der Waals surface area contributed by atoms with Crippen molar-refractivity contribution in [2.24, 2.45) is 5.92 Å². The van der Waals surface area contributed by atoms with Crippen LogP contribution in [0.4, 0.5) is 0 Å². The van der Waals surface area contributed by atoms with E-state index in [1.165, 1.54) is 29.1 Å². The number of rotatable bonds is 6. The number of nitrogens with zero attached hydrogens (tertiary/aromatic N) is 3. The Hall–Kier alpha value is -1.51. The van der Waals surface area contributed by atoms with Gasteiger partial charge in [-0.25, -0.2) is 0 Å². The van der Waals surface area contributed by atoms with Crippen molar-refractivity contribution in [3.05, 3.63) is 32.0 Å². The van der Waals surface area contributed by atoms with Crippen LogP contribution >= 0.6 is 11.3 Å². The molecule has 2 unspecified atom stereocenters. The van der Waals surface area contributed by atoms with E-state index in [1.54, 1.807) is 7.11 Å². The summed E-state index contributed by atoms with van der Waals surface area (Å²) in [7, 11) is 1.63. The summed E-state index contributed by atoms with van der Waals surface area (Å²) < 4.78 is 18.7. The van der Waals surface area contributed by atoms with Gasteiger partial charge in [0.05, 0.1) is 13.2 Å². The predicted molar refractivity (Wildman–Crippen MR) is 96.5 cm³/mol. The van der Waals surface area contributed by atoms with Crippen molar-refractivity contribution in [2.45, 2.75) is 57.6 Å². The molecule has 1 aliphatic carbocycles. The fourth-order valence-electron chi connectivity index (χ4n) is 4.03. The first kappa shape index (κ1) is 17.9. The molecule has 142 valence electrons. The van der Waals surface area contributed by atoms with Crippen LogP contribution in [0.1, 0.15) is 55.0 Å². The molecular formula is C18H25N3O4S. The lowest BCUT2D eigenvalue weighted by atomic mass is 9.88. The van der Waals surface area contributed by atoms with E-state index in [2.05, 4.69) is 17.1 Å². The van der Waals surface area contributed by atoms with Crippen molar-refractivity contribution in [3.8, 4) is 0 Å². The minimum absolute atomic E-state index is 0.0672. The third-order valence-corrected chi connectivity index (χ3v) is 6.61. The summed E-state index contributed by atoms with van der Waals surface area (Å²) in [5.41, 5.74) is 0.496. The third-order valence-electron chi connectivity index (χ3n) is 5.57. The molecule has 0 aromatic carbocycles. The summed E-state index contributed by atoms with van der Waals surface area (Å²) in [6.45, 7) is 3.58. The molecule has 0 N–H and O–H groups in total. The standard InChI is InChI=1S/C18H25N3O4S/c1-3-4-12-5-6-13-14(9-12)26-17(22)21(13)10-15-19-20-16(25-15)18(23-2)7-8-24-11-18/h12H,3-11H2,1-2H3. The summed E-state index contributed by atoms with van der Waals surface area (Å²) in [4.78, 5) is 13.8. The number of hydrogen-bond acceptors (Lipinski definition) is 7. The van der Waals surface area contributed by atoms with Crippen LogP contribution in [0.15, 0.2) is 9.21 Å². The van der Waals surface area contributed by atoms with Crippen LogP contribution < -0.4 is 4.87 Å². The van der Waals surface area contributed by atoms with Crippen molar-refractivity contribution < 1.29 is 13.9 Å². The maximum Gasteiger partial charge on any atom is 0.308 e. The highest BCUT2D eigenvalue weighted by Crippen LogP contribution is 2.33. The first-order chi connectivity index (χ1) is 12.6. The van der Waals surface area contributed by atoms with Crippen LogP contribution in [0.2, 0.25) is 0 Å². The fraction of sp³-hybridized carbons (Fsp3) is 0.722. The van der Waals surface area contributed by atoms with Crippen molar-refractivity contribution in [2.75, 3.05) is 20.3 Å². The summed E-state index contributed by atoms with van der Waals surface area (Å²) in [5.74, 6) is 1.59. The van der Waals surface area contributed by atoms with Crippen LogP contribution in [0.3, 0.4) is 0 Å². The molecule has 0 saturated carbocycles. The fourth-order valence-corrected chi connectivity index (χ4v) is 5.18. The summed E-state index contributed by atoms with van der Waals surface area (Å²) in [6.07, 6.45) is 6.25. The average Bonchev–Trinajstić information content (AvgIpc) is 3.36.